The van der Waals surface area contributed by atoms with Crippen LogP contribution in [-0.2, 0) is 9.84 Å². The molecule has 3 aromatic rings. The van der Waals surface area contributed by atoms with Crippen molar-refractivity contribution >= 4 is 21.6 Å². The lowest BCUT2D eigenvalue weighted by molar-refractivity contribution is 0.248. The molecule has 0 spiro atoms. The molecule has 0 saturated carbocycles. The molecule has 1 aromatic carbocycles. The maximum atomic E-state index is 14.1. The first-order valence-corrected chi connectivity index (χ1v) is 9.89. The molecule has 0 aliphatic carbocycles. The number of rotatable bonds is 5. The third-order valence-electron chi connectivity index (χ3n) is 3.67. The van der Waals surface area contributed by atoms with Gasteiger partial charge in [-0.2, -0.15) is 9.78 Å². The number of amides is 2. The number of urea groups is 1. The molecule has 2 aromatic heterocycles. The maximum absolute atomic E-state index is 14.1. The summed E-state index contributed by atoms with van der Waals surface area (Å²) in [5.41, 5.74) is -0.162. The fourth-order valence-corrected chi connectivity index (χ4v) is 2.98. The van der Waals surface area contributed by atoms with E-state index >= 15 is 0 Å². The Morgan fingerprint density at radius 3 is 2.57 bits per heavy atom. The van der Waals surface area contributed by atoms with Crippen LogP contribution in [0.15, 0.2) is 47.9 Å². The number of sulfone groups is 1. The molecule has 0 bridgehead atoms. The highest BCUT2D eigenvalue weighted by Gasteiger charge is 2.19. The predicted molar refractivity (Wildman–Crippen MR) is 97.0 cm³/mol. The SMILES string of the molecule is CC(NC(=O)Nc1ccc(S(C)(=O)=O)cc1F)c1ncnn1-c1ncccn1. The van der Waals surface area contributed by atoms with Crippen LogP contribution >= 0.6 is 0 Å². The van der Waals surface area contributed by atoms with Crippen LogP contribution in [0.1, 0.15) is 18.8 Å². The molecule has 0 saturated heterocycles. The molecule has 0 fully saturated rings. The van der Waals surface area contributed by atoms with Gasteiger partial charge in [0.1, 0.15) is 12.1 Å². The van der Waals surface area contributed by atoms with Gasteiger partial charge in [-0.15, -0.1) is 0 Å². The second-order valence-corrected chi connectivity index (χ2v) is 7.83. The molecule has 28 heavy (non-hydrogen) atoms. The molecule has 3 rings (SSSR count). The van der Waals surface area contributed by atoms with Crippen molar-refractivity contribution in [3.05, 3.63) is 54.6 Å². The molecular formula is C16H16FN7O3S. The van der Waals surface area contributed by atoms with E-state index in [2.05, 4.69) is 30.7 Å². The van der Waals surface area contributed by atoms with Crippen molar-refractivity contribution < 1.29 is 17.6 Å². The van der Waals surface area contributed by atoms with E-state index in [4.69, 9.17) is 0 Å². The number of carbonyl (C=O) groups is 1. The van der Waals surface area contributed by atoms with Crippen LogP contribution in [0.2, 0.25) is 0 Å². The number of nitrogens with one attached hydrogen (secondary N) is 2. The normalized spacial score (nSPS) is 12.4. The van der Waals surface area contributed by atoms with Gasteiger partial charge in [-0.3, -0.25) is 0 Å². The minimum Gasteiger partial charge on any atom is -0.328 e. The van der Waals surface area contributed by atoms with Gasteiger partial charge in [0, 0.05) is 18.6 Å². The van der Waals surface area contributed by atoms with Crippen LogP contribution in [-0.4, -0.2) is 45.4 Å². The Hall–Kier alpha value is -3.41. The predicted octanol–water partition coefficient (Wildman–Crippen LogP) is 1.48. The number of hydrogen-bond donors (Lipinski definition) is 2. The first kappa shape index (κ1) is 19.4. The zero-order valence-corrected chi connectivity index (χ0v) is 15.7. The van der Waals surface area contributed by atoms with Crippen molar-refractivity contribution in [1.29, 1.82) is 0 Å². The van der Waals surface area contributed by atoms with Crippen molar-refractivity contribution in [1.82, 2.24) is 30.0 Å². The lowest BCUT2D eigenvalue weighted by Crippen LogP contribution is -2.33. The van der Waals surface area contributed by atoms with Gasteiger partial charge in [0.25, 0.3) is 5.95 Å². The molecule has 1 unspecified atom stereocenters. The Morgan fingerprint density at radius 1 is 1.21 bits per heavy atom. The Morgan fingerprint density at radius 2 is 1.93 bits per heavy atom. The molecule has 146 valence electrons. The number of benzene rings is 1. The molecular weight excluding hydrogens is 389 g/mol. The summed E-state index contributed by atoms with van der Waals surface area (Å²) in [6.07, 6.45) is 5.35. The Bertz CT molecular complexity index is 1100. The molecule has 2 amide bonds. The molecule has 2 N–H and O–H groups in total. The van der Waals surface area contributed by atoms with Crippen molar-refractivity contribution in [3.63, 3.8) is 0 Å². The van der Waals surface area contributed by atoms with E-state index < -0.39 is 27.7 Å². The third kappa shape index (κ3) is 4.28. The Balaban J connectivity index is 1.72. The van der Waals surface area contributed by atoms with Crippen molar-refractivity contribution in [2.45, 2.75) is 17.9 Å². The average molecular weight is 405 g/mol. The zero-order valence-electron chi connectivity index (χ0n) is 14.9. The Kier molecular flexibility index (Phi) is 5.31. The van der Waals surface area contributed by atoms with E-state index in [1.54, 1.807) is 25.4 Å². The summed E-state index contributed by atoms with van der Waals surface area (Å²) in [7, 11) is -3.55. The van der Waals surface area contributed by atoms with E-state index in [9.17, 15) is 17.6 Å². The first-order chi connectivity index (χ1) is 13.3. The highest BCUT2D eigenvalue weighted by molar-refractivity contribution is 7.90. The largest absolute Gasteiger partial charge is 0.328 e. The summed E-state index contributed by atoms with van der Waals surface area (Å²) in [5.74, 6) is -0.215. The van der Waals surface area contributed by atoms with Crippen LogP contribution in [0.25, 0.3) is 5.95 Å². The number of anilines is 1. The van der Waals surface area contributed by atoms with Crippen molar-refractivity contribution in [3.8, 4) is 5.95 Å². The minimum absolute atomic E-state index is 0.162. The number of nitrogens with zero attached hydrogens (tertiary/aromatic N) is 5. The average Bonchev–Trinajstić information content (AvgIpc) is 3.13. The monoisotopic (exact) mass is 405 g/mol. The summed E-state index contributed by atoms with van der Waals surface area (Å²) >= 11 is 0. The van der Waals surface area contributed by atoms with Crippen molar-refractivity contribution in [2.75, 3.05) is 11.6 Å². The number of carbonyl (C=O) groups excluding carboxylic acids is 1. The molecule has 0 aliphatic rings. The quantitative estimate of drug-likeness (QED) is 0.657. The molecule has 12 heteroatoms. The summed E-state index contributed by atoms with van der Waals surface area (Å²) in [4.78, 5) is 24.3. The lowest BCUT2D eigenvalue weighted by Gasteiger charge is -2.15. The summed E-state index contributed by atoms with van der Waals surface area (Å²) in [6.45, 7) is 1.66. The number of halogens is 1. The standard InChI is InChI=1S/C16H16FN7O3S/c1-10(14-20-9-21-24(14)15-18-6-3-7-19-15)22-16(25)23-13-5-4-11(8-12(13)17)28(2,26)27/h3-10H,1-2H3,(H2,22,23,25). The van der Waals surface area contributed by atoms with Gasteiger partial charge < -0.3 is 10.6 Å². The van der Waals surface area contributed by atoms with Crippen LogP contribution in [0.5, 0.6) is 0 Å². The summed E-state index contributed by atoms with van der Waals surface area (Å²) < 4.78 is 38.4. The van der Waals surface area contributed by atoms with Gasteiger partial charge in [0.2, 0.25) is 0 Å². The van der Waals surface area contributed by atoms with Crippen LogP contribution in [0.4, 0.5) is 14.9 Å². The van der Waals surface area contributed by atoms with Gasteiger partial charge in [-0.25, -0.2) is 32.6 Å². The molecule has 10 nitrogen and oxygen atoms in total. The Labute approximate surface area is 159 Å². The van der Waals surface area contributed by atoms with E-state index in [1.165, 1.54) is 23.1 Å². The highest BCUT2D eigenvalue weighted by atomic mass is 32.2. The van der Waals surface area contributed by atoms with E-state index in [1.807, 2.05) is 0 Å². The van der Waals surface area contributed by atoms with Gasteiger partial charge in [0.15, 0.2) is 15.7 Å². The van der Waals surface area contributed by atoms with E-state index in [0.29, 0.717) is 5.82 Å². The number of hydrogen-bond acceptors (Lipinski definition) is 7. The lowest BCUT2D eigenvalue weighted by atomic mass is 10.3. The van der Waals surface area contributed by atoms with E-state index in [0.717, 1.165) is 12.3 Å². The van der Waals surface area contributed by atoms with Crippen LogP contribution < -0.4 is 10.6 Å². The first-order valence-electron chi connectivity index (χ1n) is 8.00. The fourth-order valence-electron chi connectivity index (χ4n) is 2.35. The fraction of sp³-hybridized carbons (Fsp3) is 0.188. The third-order valence-corrected chi connectivity index (χ3v) is 4.78. The molecule has 2 heterocycles. The van der Waals surface area contributed by atoms with Crippen LogP contribution in [0.3, 0.4) is 0 Å². The van der Waals surface area contributed by atoms with Gasteiger partial charge in [0.05, 0.1) is 16.6 Å². The highest BCUT2D eigenvalue weighted by Crippen LogP contribution is 2.19. The second kappa shape index (κ2) is 7.68. The van der Waals surface area contributed by atoms with Gasteiger partial charge in [-0.05, 0) is 31.2 Å². The van der Waals surface area contributed by atoms with Gasteiger partial charge in [-0.1, -0.05) is 0 Å². The minimum atomic E-state index is -3.55. The summed E-state index contributed by atoms with van der Waals surface area (Å²) in [6, 6.07) is 3.57. The maximum Gasteiger partial charge on any atom is 0.319 e. The smallest absolute Gasteiger partial charge is 0.319 e. The molecule has 1 atom stereocenters. The summed E-state index contributed by atoms with van der Waals surface area (Å²) in [5, 5.41) is 8.97. The van der Waals surface area contributed by atoms with Crippen LogP contribution in [0, 0.1) is 5.82 Å². The van der Waals surface area contributed by atoms with E-state index in [-0.39, 0.29) is 16.5 Å². The second-order valence-electron chi connectivity index (χ2n) is 5.81. The number of aromatic nitrogens is 5. The molecule has 0 radical (unpaired) electrons. The molecule has 0 aliphatic heterocycles. The van der Waals surface area contributed by atoms with Gasteiger partial charge >= 0.3 is 6.03 Å². The van der Waals surface area contributed by atoms with Crippen molar-refractivity contribution in [2.24, 2.45) is 0 Å². The zero-order chi connectivity index (χ0) is 20.3. The topological polar surface area (TPSA) is 132 Å².